The molecule has 8 nitrogen and oxygen atoms in total. The Kier molecular flexibility index (Phi) is 4.77. The van der Waals surface area contributed by atoms with Crippen molar-refractivity contribution in [3.05, 3.63) is 33.2 Å². The van der Waals surface area contributed by atoms with Gasteiger partial charge < -0.3 is 15.6 Å². The van der Waals surface area contributed by atoms with Gasteiger partial charge >= 0.3 is 6.03 Å². The van der Waals surface area contributed by atoms with Gasteiger partial charge in [0.1, 0.15) is 5.54 Å². The maximum atomic E-state index is 12.0. The first-order chi connectivity index (χ1) is 11.1. The Hall–Kier alpha value is -2.64. The highest BCUT2D eigenvalue weighted by molar-refractivity contribution is 6.06. The van der Waals surface area contributed by atoms with Crippen molar-refractivity contribution in [2.75, 3.05) is 6.54 Å². The van der Waals surface area contributed by atoms with Crippen LogP contribution < -0.4 is 16.2 Å². The standard InChI is InChI=1S/C16H22N4O4/c1-9-7-10(2)18-13(22)11(9)8-17-12(21)5-6-20-14(23)16(3,4)19-15(20)24/h7H,5-6,8H2,1-4H3,(H,17,21)(H,18,22)(H,19,24). The van der Waals surface area contributed by atoms with Crippen LogP contribution in [0.3, 0.4) is 0 Å². The minimum Gasteiger partial charge on any atom is -0.352 e. The molecule has 0 spiro atoms. The first-order valence-electron chi connectivity index (χ1n) is 7.72. The quantitative estimate of drug-likeness (QED) is 0.674. The number of rotatable bonds is 5. The van der Waals surface area contributed by atoms with Gasteiger partial charge in [-0.05, 0) is 39.3 Å². The molecule has 0 bridgehead atoms. The van der Waals surface area contributed by atoms with Gasteiger partial charge in [-0.1, -0.05) is 0 Å². The molecule has 8 heteroatoms. The molecule has 1 aromatic rings. The fourth-order valence-corrected chi connectivity index (χ4v) is 2.61. The van der Waals surface area contributed by atoms with Gasteiger partial charge in [0, 0.05) is 30.8 Å². The molecule has 0 unspecified atom stereocenters. The molecule has 1 aliphatic heterocycles. The first-order valence-corrected chi connectivity index (χ1v) is 7.72. The third-order valence-corrected chi connectivity index (χ3v) is 3.96. The van der Waals surface area contributed by atoms with Gasteiger partial charge in [-0.15, -0.1) is 0 Å². The van der Waals surface area contributed by atoms with Crippen LogP contribution in [-0.4, -0.2) is 39.8 Å². The van der Waals surface area contributed by atoms with E-state index in [2.05, 4.69) is 15.6 Å². The molecule has 0 saturated carbocycles. The van der Waals surface area contributed by atoms with Crippen LogP contribution in [0.1, 0.15) is 37.1 Å². The molecule has 0 atom stereocenters. The summed E-state index contributed by atoms with van der Waals surface area (Å²) in [4.78, 5) is 51.3. The Morgan fingerprint density at radius 2 is 1.92 bits per heavy atom. The second-order valence-electron chi connectivity index (χ2n) is 6.48. The number of nitrogens with one attached hydrogen (secondary N) is 3. The van der Waals surface area contributed by atoms with Crippen LogP contribution in [0.25, 0.3) is 0 Å². The summed E-state index contributed by atoms with van der Waals surface area (Å²) in [5, 5.41) is 5.20. The zero-order valence-electron chi connectivity index (χ0n) is 14.3. The zero-order chi connectivity index (χ0) is 18.1. The van der Waals surface area contributed by atoms with Crippen LogP contribution in [0.5, 0.6) is 0 Å². The maximum absolute atomic E-state index is 12.0. The van der Waals surface area contributed by atoms with E-state index < -0.39 is 11.6 Å². The lowest BCUT2D eigenvalue weighted by Crippen LogP contribution is -2.40. The number of H-pyrrole nitrogens is 1. The molecule has 2 heterocycles. The zero-order valence-corrected chi connectivity index (χ0v) is 14.3. The van der Waals surface area contributed by atoms with E-state index in [0.29, 0.717) is 5.56 Å². The highest BCUT2D eigenvalue weighted by Crippen LogP contribution is 2.16. The number of carbonyl (C=O) groups is 3. The summed E-state index contributed by atoms with van der Waals surface area (Å²) in [6.07, 6.45) is -0.0158. The average Bonchev–Trinajstić information content (AvgIpc) is 2.64. The van der Waals surface area contributed by atoms with E-state index in [-0.39, 0.29) is 36.9 Å². The topological polar surface area (TPSA) is 111 Å². The van der Waals surface area contributed by atoms with Crippen molar-refractivity contribution >= 4 is 17.8 Å². The van der Waals surface area contributed by atoms with Crippen LogP contribution in [-0.2, 0) is 16.1 Å². The Balaban J connectivity index is 1.90. The number of hydrogen-bond acceptors (Lipinski definition) is 4. The minimum atomic E-state index is -0.945. The van der Waals surface area contributed by atoms with E-state index in [9.17, 15) is 19.2 Å². The van der Waals surface area contributed by atoms with Crippen LogP contribution in [0, 0.1) is 13.8 Å². The number of urea groups is 1. The molecule has 3 N–H and O–H groups in total. The number of hydrogen-bond donors (Lipinski definition) is 3. The van der Waals surface area contributed by atoms with Crippen LogP contribution in [0.15, 0.2) is 10.9 Å². The largest absolute Gasteiger partial charge is 0.352 e. The summed E-state index contributed by atoms with van der Waals surface area (Å²) in [5.74, 6) is -0.689. The number of imide groups is 1. The third kappa shape index (κ3) is 3.64. The van der Waals surface area contributed by atoms with E-state index in [4.69, 9.17) is 0 Å². The van der Waals surface area contributed by atoms with E-state index >= 15 is 0 Å². The van der Waals surface area contributed by atoms with Crippen molar-refractivity contribution in [2.45, 2.75) is 46.2 Å². The Bertz CT molecular complexity index is 751. The predicted octanol–water partition coefficient (Wildman–Crippen LogP) is 0.328. The molecule has 1 aliphatic rings. The highest BCUT2D eigenvalue weighted by atomic mass is 16.2. The Labute approximate surface area is 139 Å². The Morgan fingerprint density at radius 3 is 2.46 bits per heavy atom. The van der Waals surface area contributed by atoms with Gasteiger partial charge in [-0.25, -0.2) is 4.79 Å². The van der Waals surface area contributed by atoms with Gasteiger partial charge in [0.25, 0.3) is 11.5 Å². The predicted molar refractivity (Wildman–Crippen MR) is 87.3 cm³/mol. The summed E-state index contributed by atoms with van der Waals surface area (Å²) in [5.41, 5.74) is 0.870. The highest BCUT2D eigenvalue weighted by Gasteiger charge is 2.43. The van der Waals surface area contributed by atoms with Crippen molar-refractivity contribution in [3.63, 3.8) is 0 Å². The normalized spacial score (nSPS) is 16.2. The summed E-state index contributed by atoms with van der Waals surface area (Å²) < 4.78 is 0. The second-order valence-corrected chi connectivity index (χ2v) is 6.48. The molecule has 1 saturated heterocycles. The second kappa shape index (κ2) is 6.46. The van der Waals surface area contributed by atoms with Crippen molar-refractivity contribution in [1.29, 1.82) is 0 Å². The Morgan fingerprint density at radius 1 is 1.25 bits per heavy atom. The molecule has 1 aromatic heterocycles. The van der Waals surface area contributed by atoms with Gasteiger partial charge in [-0.2, -0.15) is 0 Å². The smallest absolute Gasteiger partial charge is 0.325 e. The molecule has 4 amide bonds. The van der Waals surface area contributed by atoms with Gasteiger partial charge in [0.2, 0.25) is 5.91 Å². The van der Waals surface area contributed by atoms with Crippen LogP contribution in [0.4, 0.5) is 4.79 Å². The maximum Gasteiger partial charge on any atom is 0.325 e. The lowest BCUT2D eigenvalue weighted by molar-refractivity contribution is -0.130. The summed E-state index contributed by atoms with van der Waals surface area (Å²) in [6, 6.07) is 1.33. The molecule has 24 heavy (non-hydrogen) atoms. The minimum absolute atomic E-state index is 0.00314. The van der Waals surface area contributed by atoms with Gasteiger partial charge in [0.15, 0.2) is 0 Å². The summed E-state index contributed by atoms with van der Waals surface area (Å²) in [7, 11) is 0. The molecular formula is C16H22N4O4. The van der Waals surface area contributed by atoms with E-state index in [1.807, 2.05) is 6.07 Å². The molecule has 0 radical (unpaired) electrons. The van der Waals surface area contributed by atoms with E-state index in [0.717, 1.165) is 16.2 Å². The van der Waals surface area contributed by atoms with E-state index in [1.54, 1.807) is 27.7 Å². The van der Waals surface area contributed by atoms with Gasteiger partial charge in [-0.3, -0.25) is 19.3 Å². The molecule has 1 fully saturated rings. The first kappa shape index (κ1) is 17.7. The molecule has 0 aliphatic carbocycles. The number of aryl methyl sites for hydroxylation is 2. The summed E-state index contributed by atoms with van der Waals surface area (Å²) >= 11 is 0. The number of nitrogens with zero attached hydrogens (tertiary/aromatic N) is 1. The average molecular weight is 334 g/mol. The lowest BCUT2D eigenvalue weighted by Gasteiger charge is -2.15. The van der Waals surface area contributed by atoms with E-state index in [1.165, 1.54) is 0 Å². The van der Waals surface area contributed by atoms with Crippen molar-refractivity contribution in [3.8, 4) is 0 Å². The molecule has 130 valence electrons. The molecular weight excluding hydrogens is 312 g/mol. The molecule has 2 rings (SSSR count). The fraction of sp³-hybridized carbons (Fsp3) is 0.500. The van der Waals surface area contributed by atoms with Crippen molar-refractivity contribution in [2.24, 2.45) is 0 Å². The van der Waals surface area contributed by atoms with Crippen LogP contribution in [0.2, 0.25) is 0 Å². The number of pyridine rings is 1. The molecule has 0 aromatic carbocycles. The number of aromatic nitrogens is 1. The third-order valence-electron chi connectivity index (χ3n) is 3.96. The lowest BCUT2D eigenvalue weighted by atomic mass is 10.1. The summed E-state index contributed by atoms with van der Waals surface area (Å²) in [6.45, 7) is 6.92. The fourth-order valence-electron chi connectivity index (χ4n) is 2.61. The van der Waals surface area contributed by atoms with Crippen molar-refractivity contribution in [1.82, 2.24) is 20.5 Å². The SMILES string of the molecule is Cc1cc(C)c(CNC(=O)CCN2C(=O)NC(C)(C)C2=O)c(=O)[nH]1. The van der Waals surface area contributed by atoms with Crippen LogP contribution >= 0.6 is 0 Å². The van der Waals surface area contributed by atoms with Crippen molar-refractivity contribution < 1.29 is 14.4 Å². The number of amides is 4. The monoisotopic (exact) mass is 334 g/mol. The van der Waals surface area contributed by atoms with Gasteiger partial charge in [0.05, 0.1) is 0 Å². The number of aromatic amines is 1. The number of carbonyl (C=O) groups excluding carboxylic acids is 3.